The molecule has 0 unspecified atom stereocenters. The topological polar surface area (TPSA) is 49.2 Å². The van der Waals surface area contributed by atoms with Crippen LogP contribution < -0.4 is 4.90 Å². The standard InChI is InChI=1S/C16H16ClN3OS/c1-11-7-14-15(18-10-19-16(14)22-11)20(5-6-21)9-12-3-2-4-13(17)8-12/h2-4,7-8,10,21H,5-6,9H2,1H3. The number of hydrogen-bond acceptors (Lipinski definition) is 5. The van der Waals surface area contributed by atoms with E-state index in [1.165, 1.54) is 4.88 Å². The molecule has 0 bridgehead atoms. The highest BCUT2D eigenvalue weighted by Crippen LogP contribution is 2.30. The number of aryl methyl sites for hydroxylation is 1. The molecular formula is C16H16ClN3OS. The second-order valence-corrected chi connectivity index (χ2v) is 6.72. The van der Waals surface area contributed by atoms with Gasteiger partial charge in [0, 0.05) is 23.0 Å². The molecule has 6 heteroatoms. The van der Waals surface area contributed by atoms with Crippen molar-refractivity contribution >= 4 is 39.0 Å². The molecule has 1 N–H and O–H groups in total. The number of aromatic nitrogens is 2. The maximum Gasteiger partial charge on any atom is 0.141 e. The van der Waals surface area contributed by atoms with Crippen molar-refractivity contribution < 1.29 is 5.11 Å². The van der Waals surface area contributed by atoms with Crippen molar-refractivity contribution in [2.24, 2.45) is 0 Å². The molecule has 114 valence electrons. The maximum atomic E-state index is 9.40. The summed E-state index contributed by atoms with van der Waals surface area (Å²) in [5, 5.41) is 11.1. The molecule has 3 rings (SSSR count). The molecular weight excluding hydrogens is 318 g/mol. The number of anilines is 1. The minimum atomic E-state index is 0.0647. The summed E-state index contributed by atoms with van der Waals surface area (Å²) >= 11 is 7.71. The zero-order valence-corrected chi connectivity index (χ0v) is 13.7. The third-order valence-electron chi connectivity index (χ3n) is 3.36. The normalized spacial score (nSPS) is 11.0. The van der Waals surface area contributed by atoms with Crippen LogP contribution >= 0.6 is 22.9 Å². The van der Waals surface area contributed by atoms with E-state index in [-0.39, 0.29) is 6.61 Å². The maximum absolute atomic E-state index is 9.40. The Morgan fingerprint density at radius 2 is 2.14 bits per heavy atom. The summed E-state index contributed by atoms with van der Waals surface area (Å²) < 4.78 is 0. The number of halogens is 1. The first kappa shape index (κ1) is 15.2. The Bertz CT molecular complexity index is 790. The van der Waals surface area contributed by atoms with Gasteiger partial charge in [0.2, 0.25) is 0 Å². The lowest BCUT2D eigenvalue weighted by molar-refractivity contribution is 0.301. The molecule has 0 aliphatic carbocycles. The van der Waals surface area contributed by atoms with Crippen LogP contribution in [0.5, 0.6) is 0 Å². The van der Waals surface area contributed by atoms with Gasteiger partial charge in [0.15, 0.2) is 0 Å². The third kappa shape index (κ3) is 3.21. The number of fused-ring (bicyclic) bond motifs is 1. The van der Waals surface area contributed by atoms with Crippen LogP contribution in [0, 0.1) is 6.92 Å². The van der Waals surface area contributed by atoms with Gasteiger partial charge in [-0.15, -0.1) is 11.3 Å². The van der Waals surface area contributed by atoms with E-state index >= 15 is 0 Å². The van der Waals surface area contributed by atoms with Gasteiger partial charge < -0.3 is 10.0 Å². The number of thiophene rings is 1. The Balaban J connectivity index is 1.99. The van der Waals surface area contributed by atoms with Gasteiger partial charge in [-0.05, 0) is 30.7 Å². The lowest BCUT2D eigenvalue weighted by atomic mass is 10.2. The monoisotopic (exact) mass is 333 g/mol. The first-order chi connectivity index (χ1) is 10.7. The first-order valence-electron chi connectivity index (χ1n) is 6.99. The predicted molar refractivity (Wildman–Crippen MR) is 91.7 cm³/mol. The summed E-state index contributed by atoms with van der Waals surface area (Å²) in [5.74, 6) is 0.850. The largest absolute Gasteiger partial charge is 0.395 e. The molecule has 0 aliphatic rings. The molecule has 22 heavy (non-hydrogen) atoms. The summed E-state index contributed by atoms with van der Waals surface area (Å²) in [6.07, 6.45) is 1.58. The number of aliphatic hydroxyl groups excluding tert-OH is 1. The summed E-state index contributed by atoms with van der Waals surface area (Å²) in [6, 6.07) is 9.83. The van der Waals surface area contributed by atoms with Gasteiger partial charge in [0.25, 0.3) is 0 Å². The van der Waals surface area contributed by atoms with Crippen LogP contribution in [0.1, 0.15) is 10.4 Å². The molecule has 0 fully saturated rings. The van der Waals surface area contributed by atoms with Gasteiger partial charge in [-0.1, -0.05) is 23.7 Å². The van der Waals surface area contributed by atoms with Gasteiger partial charge >= 0.3 is 0 Å². The van der Waals surface area contributed by atoms with E-state index < -0.39 is 0 Å². The molecule has 0 saturated heterocycles. The quantitative estimate of drug-likeness (QED) is 0.774. The van der Waals surface area contributed by atoms with Crippen molar-refractivity contribution in [1.29, 1.82) is 0 Å². The van der Waals surface area contributed by atoms with Gasteiger partial charge in [-0.3, -0.25) is 0 Å². The van der Waals surface area contributed by atoms with E-state index in [2.05, 4.69) is 27.9 Å². The Kier molecular flexibility index (Phi) is 4.57. The average Bonchev–Trinajstić information content (AvgIpc) is 2.87. The lowest BCUT2D eigenvalue weighted by Gasteiger charge is -2.23. The van der Waals surface area contributed by atoms with Crippen LogP contribution in [0.3, 0.4) is 0 Å². The molecule has 1 aromatic carbocycles. The van der Waals surface area contributed by atoms with Crippen molar-refractivity contribution in [3.63, 3.8) is 0 Å². The van der Waals surface area contributed by atoms with Gasteiger partial charge in [-0.25, -0.2) is 9.97 Å². The van der Waals surface area contributed by atoms with Crippen molar-refractivity contribution in [2.75, 3.05) is 18.1 Å². The number of nitrogens with zero attached hydrogens (tertiary/aromatic N) is 3. The highest BCUT2D eigenvalue weighted by atomic mass is 35.5. The number of aliphatic hydroxyl groups is 1. The summed E-state index contributed by atoms with van der Waals surface area (Å²) in [5.41, 5.74) is 1.08. The molecule has 2 aromatic heterocycles. The number of hydrogen-bond donors (Lipinski definition) is 1. The summed E-state index contributed by atoms with van der Waals surface area (Å²) in [6.45, 7) is 3.27. The van der Waals surface area contributed by atoms with Crippen molar-refractivity contribution in [3.8, 4) is 0 Å². The zero-order valence-electron chi connectivity index (χ0n) is 12.2. The molecule has 0 saturated carbocycles. The SMILES string of the molecule is Cc1cc2c(N(CCO)Cc3cccc(Cl)c3)ncnc2s1. The fourth-order valence-corrected chi connectivity index (χ4v) is 3.51. The first-order valence-corrected chi connectivity index (χ1v) is 8.18. The van der Waals surface area contributed by atoms with E-state index in [1.807, 2.05) is 24.3 Å². The van der Waals surface area contributed by atoms with Crippen molar-refractivity contribution in [1.82, 2.24) is 9.97 Å². The molecule has 3 aromatic rings. The Labute approximate surface area is 138 Å². The van der Waals surface area contributed by atoms with Gasteiger partial charge in [0.1, 0.15) is 17.0 Å². The van der Waals surface area contributed by atoms with Crippen molar-refractivity contribution in [2.45, 2.75) is 13.5 Å². The van der Waals surface area contributed by atoms with Crippen LogP contribution in [-0.4, -0.2) is 28.2 Å². The van der Waals surface area contributed by atoms with Crippen LogP contribution in [-0.2, 0) is 6.54 Å². The number of benzene rings is 1. The molecule has 0 amide bonds. The van der Waals surface area contributed by atoms with Crippen LogP contribution in [0.25, 0.3) is 10.2 Å². The Morgan fingerprint density at radius 1 is 1.27 bits per heavy atom. The fraction of sp³-hybridized carbons (Fsp3) is 0.250. The molecule has 2 heterocycles. The summed E-state index contributed by atoms with van der Waals surface area (Å²) in [7, 11) is 0. The van der Waals surface area contributed by atoms with E-state index in [0.717, 1.165) is 21.6 Å². The van der Waals surface area contributed by atoms with Crippen LogP contribution in [0.15, 0.2) is 36.7 Å². The smallest absolute Gasteiger partial charge is 0.141 e. The van der Waals surface area contributed by atoms with E-state index in [9.17, 15) is 5.11 Å². The average molecular weight is 334 g/mol. The Morgan fingerprint density at radius 3 is 2.91 bits per heavy atom. The second kappa shape index (κ2) is 6.60. The van der Waals surface area contributed by atoms with E-state index in [0.29, 0.717) is 18.1 Å². The summed E-state index contributed by atoms with van der Waals surface area (Å²) in [4.78, 5) is 13.0. The minimum Gasteiger partial charge on any atom is -0.395 e. The van der Waals surface area contributed by atoms with E-state index in [4.69, 9.17) is 11.6 Å². The molecule has 0 spiro atoms. The minimum absolute atomic E-state index is 0.0647. The number of rotatable bonds is 5. The molecule has 0 atom stereocenters. The molecule has 4 nitrogen and oxygen atoms in total. The Hall–Kier alpha value is -1.69. The second-order valence-electron chi connectivity index (χ2n) is 5.05. The fourth-order valence-electron chi connectivity index (χ4n) is 2.45. The van der Waals surface area contributed by atoms with Crippen LogP contribution in [0.4, 0.5) is 5.82 Å². The molecule has 0 aliphatic heterocycles. The third-order valence-corrected chi connectivity index (χ3v) is 4.56. The van der Waals surface area contributed by atoms with Gasteiger partial charge in [-0.2, -0.15) is 0 Å². The lowest BCUT2D eigenvalue weighted by Crippen LogP contribution is -2.27. The highest BCUT2D eigenvalue weighted by Gasteiger charge is 2.14. The van der Waals surface area contributed by atoms with Gasteiger partial charge in [0.05, 0.1) is 12.0 Å². The predicted octanol–water partition coefficient (Wildman–Crippen LogP) is 3.65. The van der Waals surface area contributed by atoms with E-state index in [1.54, 1.807) is 17.7 Å². The van der Waals surface area contributed by atoms with Crippen molar-refractivity contribution in [3.05, 3.63) is 52.1 Å². The molecule has 0 radical (unpaired) electrons. The zero-order chi connectivity index (χ0) is 15.5. The van der Waals surface area contributed by atoms with Crippen LogP contribution in [0.2, 0.25) is 5.02 Å². The highest BCUT2D eigenvalue weighted by molar-refractivity contribution is 7.18.